The van der Waals surface area contributed by atoms with Gasteiger partial charge in [-0.25, -0.2) is 5.53 Å². The van der Waals surface area contributed by atoms with Crippen molar-refractivity contribution in [3.05, 3.63) is 0 Å². The predicted octanol–water partition coefficient (Wildman–Crippen LogP) is 0.733. The molecule has 0 saturated carbocycles. The van der Waals surface area contributed by atoms with Crippen LogP contribution < -0.4 is 0 Å². The van der Waals surface area contributed by atoms with Gasteiger partial charge >= 0.3 is 0 Å². The molecule has 9 heavy (non-hydrogen) atoms. The molecule has 0 heterocycles. The first-order valence-corrected chi connectivity index (χ1v) is 2.63. The standard InChI is InChI=1S/C5H11N3O/c1-7-3-5(8-6)4-9-2/h3,5-6H,4H2,1-2H3. The van der Waals surface area contributed by atoms with E-state index in [1.54, 1.807) is 20.4 Å². The predicted molar refractivity (Wildman–Crippen MR) is 35.2 cm³/mol. The van der Waals surface area contributed by atoms with E-state index in [0.29, 0.717) is 6.61 Å². The van der Waals surface area contributed by atoms with Crippen molar-refractivity contribution >= 4 is 6.21 Å². The summed E-state index contributed by atoms with van der Waals surface area (Å²) in [6, 6.07) is -0.208. The SMILES string of the molecule is CN=CC(COC)N=N. The van der Waals surface area contributed by atoms with Crippen molar-refractivity contribution in [2.24, 2.45) is 10.1 Å². The summed E-state index contributed by atoms with van der Waals surface area (Å²) >= 11 is 0. The van der Waals surface area contributed by atoms with Gasteiger partial charge < -0.3 is 4.74 Å². The van der Waals surface area contributed by atoms with Crippen LogP contribution in [0.15, 0.2) is 10.1 Å². The summed E-state index contributed by atoms with van der Waals surface area (Å²) in [4.78, 5) is 3.71. The Hall–Kier alpha value is -0.770. The maximum absolute atomic E-state index is 6.62. The lowest BCUT2D eigenvalue weighted by Crippen LogP contribution is -2.12. The third kappa shape index (κ3) is 3.78. The van der Waals surface area contributed by atoms with Gasteiger partial charge in [-0.3, -0.25) is 4.99 Å². The lowest BCUT2D eigenvalue weighted by molar-refractivity contribution is 0.195. The molecule has 0 amide bonds. The number of aliphatic imine (C=N–C) groups is 1. The first kappa shape index (κ1) is 8.23. The van der Waals surface area contributed by atoms with Crippen LogP contribution in [0.1, 0.15) is 0 Å². The smallest absolute Gasteiger partial charge is 0.128 e. The third-order valence-electron chi connectivity index (χ3n) is 0.824. The van der Waals surface area contributed by atoms with Crippen LogP contribution >= 0.6 is 0 Å². The molecule has 0 bridgehead atoms. The van der Waals surface area contributed by atoms with Gasteiger partial charge in [0.15, 0.2) is 0 Å². The Morgan fingerprint density at radius 2 is 2.44 bits per heavy atom. The van der Waals surface area contributed by atoms with Crippen LogP contribution in [0.3, 0.4) is 0 Å². The number of ether oxygens (including phenoxy) is 1. The van der Waals surface area contributed by atoms with Crippen molar-refractivity contribution in [1.82, 2.24) is 0 Å². The molecule has 1 atom stereocenters. The highest BCUT2D eigenvalue weighted by molar-refractivity contribution is 5.64. The Morgan fingerprint density at radius 3 is 2.78 bits per heavy atom. The number of rotatable bonds is 4. The Morgan fingerprint density at radius 1 is 1.78 bits per heavy atom. The number of nitrogens with zero attached hydrogens (tertiary/aromatic N) is 2. The number of methoxy groups -OCH3 is 1. The maximum Gasteiger partial charge on any atom is 0.128 e. The summed E-state index contributed by atoms with van der Waals surface area (Å²) < 4.78 is 4.74. The Labute approximate surface area is 54.4 Å². The summed E-state index contributed by atoms with van der Waals surface area (Å²) in [6.45, 7) is 0.431. The highest BCUT2D eigenvalue weighted by atomic mass is 16.5. The van der Waals surface area contributed by atoms with Crippen molar-refractivity contribution in [2.45, 2.75) is 6.04 Å². The van der Waals surface area contributed by atoms with Crippen LogP contribution in [-0.2, 0) is 4.74 Å². The van der Waals surface area contributed by atoms with Gasteiger partial charge in [0.25, 0.3) is 0 Å². The third-order valence-corrected chi connectivity index (χ3v) is 0.824. The minimum absolute atomic E-state index is 0.208. The average Bonchev–Trinajstić information content (AvgIpc) is 1.88. The molecule has 52 valence electrons. The monoisotopic (exact) mass is 129 g/mol. The molecule has 0 aliphatic rings. The first-order chi connectivity index (χ1) is 4.35. The molecule has 0 aromatic heterocycles. The fraction of sp³-hybridized carbons (Fsp3) is 0.800. The van der Waals surface area contributed by atoms with E-state index in [9.17, 15) is 0 Å². The van der Waals surface area contributed by atoms with E-state index in [0.717, 1.165) is 0 Å². The van der Waals surface area contributed by atoms with Gasteiger partial charge in [0, 0.05) is 20.4 Å². The highest BCUT2D eigenvalue weighted by Crippen LogP contribution is 1.85. The van der Waals surface area contributed by atoms with Crippen LogP contribution in [0.4, 0.5) is 0 Å². The van der Waals surface area contributed by atoms with Crippen molar-refractivity contribution < 1.29 is 4.74 Å². The normalized spacial score (nSPS) is 14.0. The van der Waals surface area contributed by atoms with Gasteiger partial charge in [-0.2, -0.15) is 5.11 Å². The van der Waals surface area contributed by atoms with E-state index < -0.39 is 0 Å². The molecule has 0 saturated heterocycles. The van der Waals surface area contributed by atoms with Crippen molar-refractivity contribution in [1.29, 1.82) is 5.53 Å². The molecule has 1 N–H and O–H groups in total. The van der Waals surface area contributed by atoms with E-state index in [2.05, 4.69) is 10.1 Å². The van der Waals surface area contributed by atoms with Crippen LogP contribution in [0, 0.1) is 5.53 Å². The van der Waals surface area contributed by atoms with Gasteiger partial charge in [-0.05, 0) is 0 Å². The molecule has 0 fully saturated rings. The molecule has 0 aromatic carbocycles. The van der Waals surface area contributed by atoms with Gasteiger partial charge in [0.1, 0.15) is 6.04 Å². The molecule has 0 spiro atoms. The second-order valence-corrected chi connectivity index (χ2v) is 1.56. The first-order valence-electron chi connectivity index (χ1n) is 2.63. The van der Waals surface area contributed by atoms with E-state index in [1.165, 1.54) is 0 Å². The molecule has 0 aromatic rings. The number of nitrogens with one attached hydrogen (secondary N) is 1. The van der Waals surface area contributed by atoms with E-state index >= 15 is 0 Å². The number of hydrogen-bond donors (Lipinski definition) is 1. The van der Waals surface area contributed by atoms with Gasteiger partial charge in [-0.15, -0.1) is 0 Å². The maximum atomic E-state index is 6.62. The molecule has 0 aliphatic heterocycles. The van der Waals surface area contributed by atoms with Crippen molar-refractivity contribution in [3.63, 3.8) is 0 Å². The van der Waals surface area contributed by atoms with Crippen LogP contribution in [0.2, 0.25) is 0 Å². The highest BCUT2D eigenvalue weighted by Gasteiger charge is 1.98. The molecule has 4 heteroatoms. The second-order valence-electron chi connectivity index (χ2n) is 1.56. The van der Waals surface area contributed by atoms with Crippen molar-refractivity contribution in [2.75, 3.05) is 20.8 Å². The second kappa shape index (κ2) is 5.37. The van der Waals surface area contributed by atoms with Crippen LogP contribution in [0.5, 0.6) is 0 Å². The fourth-order valence-corrected chi connectivity index (χ4v) is 0.456. The largest absolute Gasteiger partial charge is 0.382 e. The van der Waals surface area contributed by atoms with E-state index in [-0.39, 0.29) is 6.04 Å². The summed E-state index contributed by atoms with van der Waals surface area (Å²) in [5, 5.41) is 3.24. The molecule has 0 radical (unpaired) electrons. The zero-order valence-electron chi connectivity index (χ0n) is 5.66. The van der Waals surface area contributed by atoms with E-state index in [1.807, 2.05) is 0 Å². The van der Waals surface area contributed by atoms with E-state index in [4.69, 9.17) is 10.3 Å². The van der Waals surface area contributed by atoms with Gasteiger partial charge in [0.2, 0.25) is 0 Å². The molecule has 0 rings (SSSR count). The molecule has 0 aliphatic carbocycles. The zero-order valence-corrected chi connectivity index (χ0v) is 5.66. The van der Waals surface area contributed by atoms with Crippen LogP contribution in [-0.4, -0.2) is 33.0 Å². The zero-order chi connectivity index (χ0) is 7.11. The minimum Gasteiger partial charge on any atom is -0.382 e. The molecular weight excluding hydrogens is 118 g/mol. The Kier molecular flexibility index (Phi) is 4.91. The summed E-state index contributed by atoms with van der Waals surface area (Å²) in [5.74, 6) is 0. The molecule has 4 nitrogen and oxygen atoms in total. The van der Waals surface area contributed by atoms with Gasteiger partial charge in [-0.1, -0.05) is 0 Å². The summed E-state index contributed by atoms with van der Waals surface area (Å²) in [6.07, 6.45) is 1.58. The quantitative estimate of drug-likeness (QED) is 0.441. The lowest BCUT2D eigenvalue weighted by atomic mass is 10.4. The van der Waals surface area contributed by atoms with Crippen LogP contribution in [0.25, 0.3) is 0 Å². The summed E-state index contributed by atoms with van der Waals surface area (Å²) in [5.41, 5.74) is 6.62. The average molecular weight is 129 g/mol. The number of hydrogen-bond acceptors (Lipinski definition) is 4. The Bertz CT molecular complexity index is 102. The fourth-order valence-electron chi connectivity index (χ4n) is 0.456. The molecular formula is C5H11N3O. The van der Waals surface area contributed by atoms with Gasteiger partial charge in [0.05, 0.1) is 6.61 Å². The Balaban J connectivity index is 3.53. The summed E-state index contributed by atoms with van der Waals surface area (Å²) in [7, 11) is 3.22. The topological polar surface area (TPSA) is 57.8 Å². The lowest BCUT2D eigenvalue weighted by Gasteiger charge is -1.99. The minimum atomic E-state index is -0.208. The molecule has 1 unspecified atom stereocenters. The van der Waals surface area contributed by atoms with Crippen molar-refractivity contribution in [3.8, 4) is 0 Å².